The number of ketones is 2. The summed E-state index contributed by atoms with van der Waals surface area (Å²) in [5.74, 6) is 7.94. The molecule has 3 heterocycles. The third kappa shape index (κ3) is 12.4. The molecule has 0 amide bonds. The highest BCUT2D eigenvalue weighted by Gasteiger charge is 2.60. The van der Waals surface area contributed by atoms with Gasteiger partial charge in [0.15, 0.2) is 23.1 Å². The third-order valence-electron chi connectivity index (χ3n) is 18.5. The van der Waals surface area contributed by atoms with Crippen LogP contribution in [0, 0.1) is 46.8 Å². The van der Waals surface area contributed by atoms with Crippen LogP contribution in [0.4, 0.5) is 0 Å². The van der Waals surface area contributed by atoms with E-state index in [2.05, 4.69) is 65.4 Å². The molecule has 11 atom stereocenters. The van der Waals surface area contributed by atoms with Crippen molar-refractivity contribution in [1.29, 1.82) is 0 Å². The van der Waals surface area contributed by atoms with Gasteiger partial charge in [0.2, 0.25) is 0 Å². The van der Waals surface area contributed by atoms with Crippen LogP contribution in [0.1, 0.15) is 129 Å². The van der Waals surface area contributed by atoms with Crippen molar-refractivity contribution >= 4 is 54.7 Å². The number of phenolic OH excluding ortho intramolecular Hbond substituents is 2. The van der Waals surface area contributed by atoms with E-state index < -0.39 is 29.2 Å². The monoisotopic (exact) mass is 1170 g/mol. The number of aromatic nitrogens is 1. The lowest BCUT2D eigenvalue weighted by Gasteiger charge is -2.39. The van der Waals surface area contributed by atoms with Crippen LogP contribution < -0.4 is 16.2 Å². The minimum Gasteiger partial charge on any atom is -0.508 e. The Morgan fingerprint density at radius 3 is 2.48 bits per heavy atom. The smallest absolute Gasteiger partial charge is 0.165 e. The molecule has 13 bridgehead atoms. The molecule has 2 aliphatic heterocycles. The van der Waals surface area contributed by atoms with Crippen molar-refractivity contribution in [2.45, 2.75) is 111 Å². The molecule has 16 heteroatoms. The number of carbonyl (C=O) groups is 2. The zero-order valence-corrected chi connectivity index (χ0v) is 48.6. The predicted molar refractivity (Wildman–Crippen MR) is 325 cm³/mol. The maximum Gasteiger partial charge on any atom is 0.165 e. The van der Waals surface area contributed by atoms with Gasteiger partial charge in [-0.25, -0.2) is 0 Å². The minimum atomic E-state index is -1.18. The molecule has 12 nitrogen and oxygen atoms in total. The van der Waals surface area contributed by atoms with Gasteiger partial charge in [0, 0.05) is 76.9 Å². The van der Waals surface area contributed by atoms with Gasteiger partial charge in [0.05, 0.1) is 49.4 Å². The van der Waals surface area contributed by atoms with Gasteiger partial charge in [-0.1, -0.05) is 122 Å². The molecule has 11 N–H and O–H groups in total. The average Bonchev–Trinajstić information content (AvgIpc) is 3.30. The molecule has 11 unspecified atom stereocenters. The average molecular weight is 1170 g/mol. The number of aliphatic hydroxyl groups excluding tert-OH is 3. The van der Waals surface area contributed by atoms with E-state index in [9.17, 15) is 40.2 Å². The van der Waals surface area contributed by atoms with Crippen molar-refractivity contribution in [2.24, 2.45) is 46.5 Å². The van der Waals surface area contributed by atoms with Crippen LogP contribution in [-0.2, 0) is 36.2 Å². The van der Waals surface area contributed by atoms with Crippen LogP contribution >= 0.6 is 43.2 Å². The fourth-order valence-corrected chi connectivity index (χ4v) is 20.0. The van der Waals surface area contributed by atoms with Gasteiger partial charge in [0.1, 0.15) is 5.75 Å². The summed E-state index contributed by atoms with van der Waals surface area (Å²) in [7, 11) is 6.81. The number of carbonyl (C=O) groups excluding carboxylic acids is 2. The van der Waals surface area contributed by atoms with Crippen LogP contribution in [0.2, 0.25) is 0 Å². The number of rotatable bonds is 5. The minimum absolute atomic E-state index is 0.0188. The Hall–Kier alpha value is -4.90. The lowest BCUT2D eigenvalue weighted by molar-refractivity contribution is -0.114. The maximum absolute atomic E-state index is 14.4. The van der Waals surface area contributed by atoms with E-state index in [-0.39, 0.29) is 96.5 Å². The Labute approximate surface area is 490 Å². The summed E-state index contributed by atoms with van der Waals surface area (Å²) >= 11 is 0. The quantitative estimate of drug-likeness (QED) is 0.0345. The van der Waals surface area contributed by atoms with Crippen LogP contribution in [0.5, 0.6) is 17.2 Å². The molecule has 0 saturated heterocycles. The molecule has 0 radical (unpaired) electrons. The fraction of sp³-hybridized carbons (Fsp3) is 0.446. The molecule has 1 aromatic heterocycles. The first kappa shape index (κ1) is 57.9. The molecule has 4 aliphatic carbocycles. The lowest BCUT2D eigenvalue weighted by atomic mass is 9.66. The molecule has 1 spiro atoms. The van der Waals surface area contributed by atoms with Crippen molar-refractivity contribution in [2.75, 3.05) is 31.3 Å². The number of hydrogen-bond acceptors (Lipinski definition) is 15. The van der Waals surface area contributed by atoms with Crippen molar-refractivity contribution in [1.82, 2.24) is 4.98 Å². The molecule has 426 valence electrons. The highest BCUT2D eigenvalue weighted by atomic mass is 33.1. The number of Topliss-reactive ketones (excluding diaryl/α,β-unsaturated/α-hetero) is 1. The lowest BCUT2D eigenvalue weighted by Crippen LogP contribution is -2.43. The first-order valence-electron chi connectivity index (χ1n) is 28.5. The standard InChI is InChI=1S/C65H73N3O9S4/c66-63(67)53-28-41-5-3-7-57-51(17-20-68-57)60(75)30-54-52(41)29-45(53)34-78-79-36-47-31-64(19-16-48(71)12-8-38-10-14-59(74)61(23-38)77-21-18-39-9-13-58(73)55(54)22-39)37-65(47,76)62-15-11-46(64)26-43(27-49(72)32-69)42-24-40-4-1-2-6-50(40)56(33-70)44(25-42)35-80-81-62/h1-2,4,6,9-11,13-17,19-20,22-23,28-29,42-44,46-47,49,54,56,62-63,68-70,72-74,76H,7-8,12,18,21,24-27,30-37,66-67H2. The molecule has 6 aliphatic rings. The Morgan fingerprint density at radius 2 is 1.65 bits per heavy atom. The van der Waals surface area contributed by atoms with Crippen molar-refractivity contribution in [3.63, 3.8) is 0 Å². The Morgan fingerprint density at radius 1 is 0.827 bits per heavy atom. The summed E-state index contributed by atoms with van der Waals surface area (Å²) in [4.78, 5) is 31.9. The number of nitrogens with two attached hydrogens (primary N) is 2. The first-order valence-corrected chi connectivity index (χ1v) is 33.3. The second-order valence-corrected chi connectivity index (χ2v) is 28.5. The predicted octanol–water partition coefficient (Wildman–Crippen LogP) is 10.0. The summed E-state index contributed by atoms with van der Waals surface area (Å²) in [6.07, 6.45) is 13.5. The van der Waals surface area contributed by atoms with Gasteiger partial charge in [-0.05, 0) is 155 Å². The number of phenols is 2. The molecular weight excluding hydrogens is 1090 g/mol. The van der Waals surface area contributed by atoms with Gasteiger partial charge in [-0.2, -0.15) is 0 Å². The van der Waals surface area contributed by atoms with E-state index in [1.165, 1.54) is 11.1 Å². The topological polar surface area (TPSA) is 233 Å². The van der Waals surface area contributed by atoms with Gasteiger partial charge in [-0.15, -0.1) is 0 Å². The zero-order chi connectivity index (χ0) is 56.4. The summed E-state index contributed by atoms with van der Waals surface area (Å²) in [6, 6.07) is 24.8. The van der Waals surface area contributed by atoms with Crippen LogP contribution in [0.15, 0.2) is 109 Å². The van der Waals surface area contributed by atoms with Crippen molar-refractivity contribution in [3.8, 4) is 29.1 Å². The number of nitrogens with one attached hydrogen (secondary N) is 1. The second kappa shape index (κ2) is 25.1. The Bertz CT molecular complexity index is 3260. The van der Waals surface area contributed by atoms with Crippen LogP contribution in [-0.4, -0.2) is 95.5 Å². The van der Waals surface area contributed by atoms with E-state index >= 15 is 0 Å². The Balaban J connectivity index is 0.987. The Kier molecular flexibility index (Phi) is 18.0. The number of allylic oxidation sites excluding steroid dienone is 3. The second-order valence-electron chi connectivity index (χ2n) is 23.4. The van der Waals surface area contributed by atoms with E-state index in [0.29, 0.717) is 78.9 Å². The molecule has 81 heavy (non-hydrogen) atoms. The highest BCUT2D eigenvalue weighted by Crippen LogP contribution is 2.63. The summed E-state index contributed by atoms with van der Waals surface area (Å²) in [6.45, 7) is -0.142. The van der Waals surface area contributed by atoms with Crippen LogP contribution in [0.25, 0.3) is 0 Å². The number of aryl methyl sites for hydroxylation is 1. The summed E-state index contributed by atoms with van der Waals surface area (Å²) in [5, 5.41) is 68.9. The maximum atomic E-state index is 14.4. The zero-order valence-electron chi connectivity index (χ0n) is 45.4. The number of hydrogen-bond donors (Lipinski definition) is 9. The number of benzene rings is 4. The number of aromatic amines is 1. The summed E-state index contributed by atoms with van der Waals surface area (Å²) < 4.78 is 6.24. The number of ether oxygens (including phenoxy) is 1. The summed E-state index contributed by atoms with van der Waals surface area (Å²) in [5.41, 5.74) is 20.3. The number of aliphatic hydroxyl groups is 4. The molecule has 1 saturated carbocycles. The van der Waals surface area contributed by atoms with Crippen LogP contribution in [0.3, 0.4) is 0 Å². The number of fused-ring (bicyclic) bond motifs is 16. The SMILES string of the molecule is NC(N)c1cc2c3cc1CSSCC1CC4(C=CC(=O)CCc5ccc(O)c(c5)OCCc5ccc(O)c(c5)C3CC(=O)c3cc[nH]c3CC#C2)CC1(O)C1C=CC4CC(CC(O)CO)C2Cc3ccccc3C(CO)C(CSS1)C2. The van der Waals surface area contributed by atoms with Gasteiger partial charge in [-0.3, -0.25) is 9.59 Å². The molecule has 1 fully saturated rings. The number of aromatic hydroxyl groups is 2. The van der Waals surface area contributed by atoms with E-state index in [1.54, 1.807) is 85.8 Å². The largest absolute Gasteiger partial charge is 0.508 e. The molecular formula is C65H73N3O9S4. The normalized spacial score (nSPS) is 29.2. The fourth-order valence-electron chi connectivity index (χ4n) is 14.2. The molecule has 5 aromatic rings. The highest BCUT2D eigenvalue weighted by molar-refractivity contribution is 8.77. The van der Waals surface area contributed by atoms with Crippen molar-refractivity contribution < 1.29 is 45.0 Å². The molecule has 4 aromatic carbocycles. The van der Waals surface area contributed by atoms with E-state index in [0.717, 1.165) is 52.1 Å². The first-order chi connectivity index (χ1) is 39.2. The van der Waals surface area contributed by atoms with Crippen molar-refractivity contribution in [3.05, 3.63) is 171 Å². The van der Waals surface area contributed by atoms with E-state index in [4.69, 9.17) is 16.2 Å². The number of H-pyrrole nitrogens is 1. The van der Waals surface area contributed by atoms with E-state index in [1.807, 2.05) is 18.2 Å². The van der Waals surface area contributed by atoms with Gasteiger partial charge in [0.25, 0.3) is 0 Å². The van der Waals surface area contributed by atoms with Gasteiger partial charge >= 0.3 is 0 Å². The molecule has 11 rings (SSSR count). The third-order valence-corrected chi connectivity index (χ3v) is 23.8. The van der Waals surface area contributed by atoms with Gasteiger partial charge < -0.3 is 51.8 Å².